The van der Waals surface area contributed by atoms with Gasteiger partial charge < -0.3 is 15.2 Å². The Morgan fingerprint density at radius 1 is 1.53 bits per heavy atom. The Balaban J connectivity index is 2.03. The summed E-state index contributed by atoms with van der Waals surface area (Å²) < 4.78 is 12.6. The predicted molar refractivity (Wildman–Crippen MR) is 80.6 cm³/mol. The number of benzene rings is 1. The second-order valence-electron chi connectivity index (χ2n) is 5.05. The molecule has 2 rings (SSSR count). The van der Waals surface area contributed by atoms with Crippen molar-refractivity contribution in [1.29, 1.82) is 0 Å². The normalized spacial score (nSPS) is 20.5. The summed E-state index contributed by atoms with van der Waals surface area (Å²) in [6.45, 7) is 3.59. The lowest BCUT2D eigenvalue weighted by Crippen LogP contribution is -2.22. The molecule has 0 aromatic heterocycles. The van der Waals surface area contributed by atoms with Crippen molar-refractivity contribution < 1.29 is 9.47 Å². The van der Waals surface area contributed by atoms with Crippen LogP contribution in [0.2, 0.25) is 0 Å². The maximum Gasteiger partial charge on any atom is 0.136 e. The number of ether oxygens (including phenoxy) is 2. The van der Waals surface area contributed by atoms with Gasteiger partial charge in [0, 0.05) is 12.6 Å². The largest absolute Gasteiger partial charge is 0.489 e. The first-order valence-corrected chi connectivity index (χ1v) is 7.77. The zero-order valence-corrected chi connectivity index (χ0v) is 13.0. The highest BCUT2D eigenvalue weighted by Gasteiger charge is 2.18. The Morgan fingerprint density at radius 2 is 2.37 bits per heavy atom. The van der Waals surface area contributed by atoms with Crippen LogP contribution in [0.25, 0.3) is 0 Å². The van der Waals surface area contributed by atoms with Crippen molar-refractivity contribution >= 4 is 15.9 Å². The number of nitrogens with two attached hydrogens (primary N) is 1. The van der Waals surface area contributed by atoms with Crippen LogP contribution >= 0.6 is 15.9 Å². The van der Waals surface area contributed by atoms with Gasteiger partial charge in [0.25, 0.3) is 0 Å². The third-order valence-electron chi connectivity index (χ3n) is 3.49. The molecular formula is C15H22BrNO2. The van der Waals surface area contributed by atoms with Crippen LogP contribution < -0.4 is 10.5 Å². The summed E-state index contributed by atoms with van der Waals surface area (Å²) in [7, 11) is 0. The molecule has 2 N–H and O–H groups in total. The topological polar surface area (TPSA) is 44.5 Å². The fourth-order valence-electron chi connectivity index (χ4n) is 2.25. The lowest BCUT2D eigenvalue weighted by atomic mass is 10.0. The fourth-order valence-corrected chi connectivity index (χ4v) is 2.78. The maximum absolute atomic E-state index is 6.05. The minimum atomic E-state index is 0.180. The van der Waals surface area contributed by atoms with Crippen LogP contribution in [0.1, 0.15) is 31.7 Å². The van der Waals surface area contributed by atoms with E-state index in [9.17, 15) is 0 Å². The van der Waals surface area contributed by atoms with E-state index in [1.807, 2.05) is 12.1 Å². The van der Waals surface area contributed by atoms with Gasteiger partial charge in [0.2, 0.25) is 0 Å². The molecule has 1 saturated heterocycles. The van der Waals surface area contributed by atoms with E-state index in [2.05, 4.69) is 28.9 Å². The third-order valence-corrected chi connectivity index (χ3v) is 4.12. The van der Waals surface area contributed by atoms with E-state index in [0.29, 0.717) is 6.61 Å². The lowest BCUT2D eigenvalue weighted by molar-refractivity contribution is 0.0673. The number of hydrogen-bond acceptors (Lipinski definition) is 3. The molecule has 19 heavy (non-hydrogen) atoms. The quantitative estimate of drug-likeness (QED) is 0.871. The van der Waals surface area contributed by atoms with Crippen LogP contribution in [-0.4, -0.2) is 25.4 Å². The second kappa shape index (κ2) is 7.27. The highest BCUT2D eigenvalue weighted by Crippen LogP contribution is 2.30. The molecule has 4 heteroatoms. The summed E-state index contributed by atoms with van der Waals surface area (Å²) in [6, 6.07) is 6.30. The Bertz CT molecular complexity index is 405. The van der Waals surface area contributed by atoms with E-state index in [4.69, 9.17) is 15.2 Å². The van der Waals surface area contributed by atoms with E-state index in [-0.39, 0.29) is 12.1 Å². The van der Waals surface area contributed by atoms with Gasteiger partial charge in [-0.2, -0.15) is 0 Å². The van der Waals surface area contributed by atoms with Gasteiger partial charge in [-0.3, -0.25) is 0 Å². The molecule has 0 aliphatic carbocycles. The molecule has 1 aliphatic rings. The fraction of sp³-hybridized carbons (Fsp3) is 0.600. The molecular weight excluding hydrogens is 306 g/mol. The van der Waals surface area contributed by atoms with Gasteiger partial charge in [-0.25, -0.2) is 0 Å². The smallest absolute Gasteiger partial charge is 0.136 e. The van der Waals surface area contributed by atoms with Crippen molar-refractivity contribution in [3.63, 3.8) is 0 Å². The number of rotatable bonds is 6. The monoisotopic (exact) mass is 327 g/mol. The van der Waals surface area contributed by atoms with E-state index < -0.39 is 0 Å². The number of para-hydroxylation sites is 1. The Hall–Kier alpha value is -0.580. The molecule has 0 saturated carbocycles. The first-order chi connectivity index (χ1) is 9.20. The highest BCUT2D eigenvalue weighted by molar-refractivity contribution is 9.10. The van der Waals surface area contributed by atoms with Crippen molar-refractivity contribution in [2.75, 3.05) is 13.2 Å². The predicted octanol–water partition coefficient (Wildman–Crippen LogP) is 3.29. The van der Waals surface area contributed by atoms with Crippen molar-refractivity contribution in [2.24, 2.45) is 5.73 Å². The molecule has 0 radical (unpaired) electrons. The second-order valence-corrected chi connectivity index (χ2v) is 5.90. The minimum absolute atomic E-state index is 0.180. The van der Waals surface area contributed by atoms with Gasteiger partial charge in [-0.05, 0) is 53.2 Å². The van der Waals surface area contributed by atoms with Gasteiger partial charge >= 0.3 is 0 Å². The molecule has 1 aliphatic heterocycles. The Kier molecular flexibility index (Phi) is 5.67. The molecule has 3 nitrogen and oxygen atoms in total. The van der Waals surface area contributed by atoms with Crippen molar-refractivity contribution in [3.05, 3.63) is 28.2 Å². The molecule has 1 aromatic rings. The molecule has 1 fully saturated rings. The first-order valence-electron chi connectivity index (χ1n) is 6.98. The summed E-state index contributed by atoms with van der Waals surface area (Å²) in [6.07, 6.45) is 4.28. The van der Waals surface area contributed by atoms with E-state index in [1.54, 1.807) is 0 Å². The molecule has 106 valence electrons. The van der Waals surface area contributed by atoms with Gasteiger partial charge in [0.05, 0.1) is 10.6 Å². The van der Waals surface area contributed by atoms with Crippen molar-refractivity contribution in [1.82, 2.24) is 0 Å². The third kappa shape index (κ3) is 4.20. The zero-order chi connectivity index (χ0) is 13.7. The number of hydrogen-bond donors (Lipinski definition) is 1. The Morgan fingerprint density at radius 3 is 3.05 bits per heavy atom. The molecule has 0 bridgehead atoms. The summed E-state index contributed by atoms with van der Waals surface area (Å²) in [4.78, 5) is 0. The van der Waals surface area contributed by atoms with Gasteiger partial charge in [0.1, 0.15) is 12.4 Å². The Labute approximate surface area is 123 Å². The van der Waals surface area contributed by atoms with E-state index >= 15 is 0 Å². The van der Waals surface area contributed by atoms with Crippen LogP contribution in [0.3, 0.4) is 0 Å². The molecule has 2 atom stereocenters. The molecule has 0 amide bonds. The summed E-state index contributed by atoms with van der Waals surface area (Å²) in [5, 5.41) is 0. The minimum Gasteiger partial charge on any atom is -0.489 e. The summed E-state index contributed by atoms with van der Waals surface area (Å²) >= 11 is 3.56. The lowest BCUT2D eigenvalue weighted by Gasteiger charge is -2.17. The molecule has 0 spiro atoms. The van der Waals surface area contributed by atoms with Gasteiger partial charge in [0.15, 0.2) is 0 Å². The molecule has 2 unspecified atom stereocenters. The molecule has 1 aromatic carbocycles. The van der Waals surface area contributed by atoms with Crippen LogP contribution in [0.15, 0.2) is 22.7 Å². The maximum atomic E-state index is 6.05. The standard InChI is InChI=1S/C15H22BrNO2/c1-2-12(17)9-11-5-3-7-14(16)15(11)19-10-13-6-4-8-18-13/h3,5,7,12-13H,2,4,6,8-10,17H2,1H3. The van der Waals surface area contributed by atoms with Gasteiger partial charge in [-0.1, -0.05) is 19.1 Å². The number of halogens is 1. The van der Waals surface area contributed by atoms with E-state index in [1.165, 1.54) is 5.56 Å². The summed E-state index contributed by atoms with van der Waals surface area (Å²) in [5.41, 5.74) is 7.21. The average molecular weight is 328 g/mol. The van der Waals surface area contributed by atoms with Crippen LogP contribution in [-0.2, 0) is 11.2 Å². The zero-order valence-electron chi connectivity index (χ0n) is 11.4. The van der Waals surface area contributed by atoms with Crippen molar-refractivity contribution in [2.45, 2.75) is 44.8 Å². The SMILES string of the molecule is CCC(N)Cc1cccc(Br)c1OCC1CCCO1. The average Bonchev–Trinajstić information content (AvgIpc) is 2.91. The van der Waals surface area contributed by atoms with Crippen LogP contribution in [0.4, 0.5) is 0 Å². The van der Waals surface area contributed by atoms with E-state index in [0.717, 1.165) is 42.5 Å². The van der Waals surface area contributed by atoms with Gasteiger partial charge in [-0.15, -0.1) is 0 Å². The van der Waals surface area contributed by atoms with Crippen LogP contribution in [0.5, 0.6) is 5.75 Å². The van der Waals surface area contributed by atoms with Crippen LogP contribution in [0, 0.1) is 0 Å². The van der Waals surface area contributed by atoms with Crippen molar-refractivity contribution in [3.8, 4) is 5.75 Å². The summed E-state index contributed by atoms with van der Waals surface area (Å²) in [5.74, 6) is 0.918. The highest BCUT2D eigenvalue weighted by atomic mass is 79.9. The molecule has 1 heterocycles. The first kappa shape index (κ1) is 14.8.